The lowest BCUT2D eigenvalue weighted by Gasteiger charge is -2.05. The molecule has 36 heavy (non-hydrogen) atoms. The van der Waals surface area contributed by atoms with Gasteiger partial charge in [-0.15, -0.1) is 0 Å². The van der Waals surface area contributed by atoms with Crippen LogP contribution in [0.5, 0.6) is 23.0 Å². The Kier molecular flexibility index (Phi) is 8.67. The zero-order valence-electron chi connectivity index (χ0n) is 19.8. The molecule has 0 radical (unpaired) electrons. The third-order valence-electron chi connectivity index (χ3n) is 5.30. The van der Waals surface area contributed by atoms with Crippen LogP contribution in [0.1, 0.15) is 11.1 Å². The second-order valence-corrected chi connectivity index (χ2v) is 7.72. The van der Waals surface area contributed by atoms with Gasteiger partial charge < -0.3 is 24.8 Å². The predicted octanol–water partition coefficient (Wildman–Crippen LogP) is 5.09. The lowest BCUT2D eigenvalue weighted by Crippen LogP contribution is -2.06. The Bertz CT molecular complexity index is 1310. The van der Waals surface area contributed by atoms with E-state index in [1.165, 1.54) is 62.8 Å². The molecular formula is C29H26O7. The van der Waals surface area contributed by atoms with E-state index in [-0.39, 0.29) is 40.1 Å². The van der Waals surface area contributed by atoms with Crippen molar-refractivity contribution in [3.63, 3.8) is 0 Å². The molecule has 184 valence electrons. The lowest BCUT2D eigenvalue weighted by molar-refractivity contribution is -0.115. The van der Waals surface area contributed by atoms with Gasteiger partial charge in [0.2, 0.25) is 0 Å². The first-order valence-electron chi connectivity index (χ1n) is 11.0. The van der Waals surface area contributed by atoms with Crippen LogP contribution in [0.25, 0.3) is 12.2 Å². The van der Waals surface area contributed by atoms with Crippen LogP contribution in [0.15, 0.2) is 96.3 Å². The summed E-state index contributed by atoms with van der Waals surface area (Å²) in [5.74, 6) is -1.12. The van der Waals surface area contributed by atoms with E-state index in [0.29, 0.717) is 11.1 Å². The van der Waals surface area contributed by atoms with Gasteiger partial charge in [0.15, 0.2) is 34.6 Å². The molecule has 0 fully saturated rings. The average Bonchev–Trinajstić information content (AvgIpc) is 3.43. The van der Waals surface area contributed by atoms with E-state index in [9.17, 15) is 24.9 Å². The quantitative estimate of drug-likeness (QED) is 0.244. The summed E-state index contributed by atoms with van der Waals surface area (Å²) in [5.41, 5.74) is 1.10. The number of carbonyl (C=O) groups excluding carboxylic acids is 2. The number of hydrogen-bond donors (Lipinski definition) is 3. The summed E-state index contributed by atoms with van der Waals surface area (Å²) >= 11 is 0. The molecule has 1 aliphatic rings. The Labute approximate surface area is 208 Å². The minimum Gasteiger partial charge on any atom is -0.507 e. The smallest absolute Gasteiger partial charge is 0.189 e. The van der Waals surface area contributed by atoms with Gasteiger partial charge in [-0.25, -0.2) is 0 Å². The van der Waals surface area contributed by atoms with Crippen LogP contribution in [0.3, 0.4) is 0 Å². The van der Waals surface area contributed by atoms with Crippen LogP contribution >= 0.6 is 0 Å². The first-order chi connectivity index (χ1) is 17.3. The number of ketones is 2. The van der Waals surface area contributed by atoms with Crippen molar-refractivity contribution < 1.29 is 34.4 Å². The zero-order valence-corrected chi connectivity index (χ0v) is 19.8. The van der Waals surface area contributed by atoms with Crippen LogP contribution in [0, 0.1) is 5.92 Å². The van der Waals surface area contributed by atoms with E-state index >= 15 is 0 Å². The number of rotatable bonds is 10. The third-order valence-corrected chi connectivity index (χ3v) is 5.30. The summed E-state index contributed by atoms with van der Waals surface area (Å²) in [6.45, 7) is 0. The number of aliphatic hydroxyl groups is 1. The van der Waals surface area contributed by atoms with Crippen molar-refractivity contribution >= 4 is 23.7 Å². The summed E-state index contributed by atoms with van der Waals surface area (Å²) < 4.78 is 10.2. The Morgan fingerprint density at radius 3 is 1.83 bits per heavy atom. The number of aromatic hydroxyl groups is 2. The molecule has 0 saturated heterocycles. The number of aliphatic hydroxyl groups excluding tert-OH is 1. The number of phenolic OH excluding ortho intramolecular Hbond substituents is 2. The van der Waals surface area contributed by atoms with Crippen molar-refractivity contribution in [2.75, 3.05) is 14.2 Å². The van der Waals surface area contributed by atoms with Crippen molar-refractivity contribution in [1.82, 2.24) is 0 Å². The van der Waals surface area contributed by atoms with Crippen LogP contribution < -0.4 is 9.47 Å². The van der Waals surface area contributed by atoms with Gasteiger partial charge in [0.05, 0.1) is 25.7 Å². The Balaban J connectivity index is 1.92. The molecule has 0 aliphatic heterocycles. The van der Waals surface area contributed by atoms with Gasteiger partial charge >= 0.3 is 0 Å². The van der Waals surface area contributed by atoms with Gasteiger partial charge in [0, 0.05) is 0 Å². The minimum absolute atomic E-state index is 0.0299. The Hall–Kier alpha value is -4.78. The maximum Gasteiger partial charge on any atom is 0.189 e. The maximum atomic E-state index is 13.0. The highest BCUT2D eigenvalue weighted by Crippen LogP contribution is 2.28. The summed E-state index contributed by atoms with van der Waals surface area (Å²) in [6, 6.07) is 9.21. The molecule has 1 aliphatic carbocycles. The molecule has 0 heterocycles. The fraction of sp³-hybridized carbons (Fsp3) is 0.103. The number of methoxy groups -OCH3 is 2. The highest BCUT2D eigenvalue weighted by atomic mass is 16.5. The SMILES string of the molecule is COc1cc(/C=C/C(=O)C(/C=C/C(=O)C2C=CC=C2)=C(O)/C=C/c2ccc(O)c(OC)c2)ccc1O. The van der Waals surface area contributed by atoms with Gasteiger partial charge in [0.1, 0.15) is 5.76 Å². The van der Waals surface area contributed by atoms with E-state index in [2.05, 4.69) is 0 Å². The summed E-state index contributed by atoms with van der Waals surface area (Å²) in [7, 11) is 2.84. The molecule has 3 N–H and O–H groups in total. The Morgan fingerprint density at radius 1 is 0.778 bits per heavy atom. The molecule has 0 atom stereocenters. The van der Waals surface area contributed by atoms with Crippen LogP contribution in [0.4, 0.5) is 0 Å². The molecule has 2 aromatic carbocycles. The normalized spacial score (nSPS) is 14.2. The van der Waals surface area contributed by atoms with Crippen molar-refractivity contribution in [3.8, 4) is 23.0 Å². The first-order valence-corrected chi connectivity index (χ1v) is 11.0. The summed E-state index contributed by atoms with van der Waals surface area (Å²) in [5, 5.41) is 30.2. The molecule has 0 saturated carbocycles. The molecule has 0 spiro atoms. The number of ether oxygens (including phenoxy) is 2. The standard InChI is InChI=1S/C29H26O7/c1-35-28-17-19(9-14-26(28)33)7-12-24(31)22(11-16-23(30)21-5-3-4-6-21)25(32)13-8-20-10-15-27(34)29(18-20)36-2/h3-18,21,31,33-34H,1-2H3/b12-7+,13-8+,16-11+,24-22-. The molecule has 3 rings (SSSR count). The molecule has 0 bridgehead atoms. The molecule has 2 aromatic rings. The van der Waals surface area contributed by atoms with Crippen LogP contribution in [-0.2, 0) is 9.59 Å². The number of phenols is 2. The minimum atomic E-state index is -0.547. The number of carbonyl (C=O) groups is 2. The van der Waals surface area contributed by atoms with E-state index < -0.39 is 11.7 Å². The van der Waals surface area contributed by atoms with E-state index in [0.717, 1.165) is 0 Å². The Morgan fingerprint density at radius 2 is 1.31 bits per heavy atom. The van der Waals surface area contributed by atoms with Crippen LogP contribution in [-0.4, -0.2) is 41.1 Å². The van der Waals surface area contributed by atoms with Gasteiger partial charge in [0.25, 0.3) is 0 Å². The van der Waals surface area contributed by atoms with Gasteiger partial charge in [-0.1, -0.05) is 48.6 Å². The molecule has 0 unspecified atom stereocenters. The second-order valence-electron chi connectivity index (χ2n) is 7.72. The molecule has 7 nitrogen and oxygen atoms in total. The highest BCUT2D eigenvalue weighted by molar-refractivity contribution is 6.10. The molecular weight excluding hydrogens is 460 g/mol. The monoisotopic (exact) mass is 486 g/mol. The largest absolute Gasteiger partial charge is 0.507 e. The van der Waals surface area contributed by atoms with Crippen molar-refractivity contribution in [1.29, 1.82) is 0 Å². The van der Waals surface area contributed by atoms with Crippen molar-refractivity contribution in [3.05, 3.63) is 107 Å². The van der Waals surface area contributed by atoms with Crippen molar-refractivity contribution in [2.45, 2.75) is 0 Å². The van der Waals surface area contributed by atoms with Crippen molar-refractivity contribution in [2.24, 2.45) is 5.92 Å². The van der Waals surface area contributed by atoms with E-state index in [1.54, 1.807) is 48.6 Å². The average molecular weight is 487 g/mol. The van der Waals surface area contributed by atoms with Crippen LogP contribution in [0.2, 0.25) is 0 Å². The summed E-state index contributed by atoms with van der Waals surface area (Å²) in [6.07, 6.45) is 15.1. The fourth-order valence-electron chi connectivity index (χ4n) is 3.31. The number of hydrogen-bond acceptors (Lipinski definition) is 7. The topological polar surface area (TPSA) is 113 Å². The lowest BCUT2D eigenvalue weighted by atomic mass is 10.0. The first kappa shape index (κ1) is 25.8. The summed E-state index contributed by atoms with van der Waals surface area (Å²) in [4.78, 5) is 25.4. The number of benzene rings is 2. The second kappa shape index (κ2) is 12.1. The van der Waals surface area contributed by atoms with Gasteiger partial charge in [-0.3, -0.25) is 9.59 Å². The van der Waals surface area contributed by atoms with E-state index in [4.69, 9.17) is 9.47 Å². The maximum absolute atomic E-state index is 13.0. The zero-order chi connectivity index (χ0) is 26.1. The predicted molar refractivity (Wildman–Crippen MR) is 138 cm³/mol. The molecule has 0 amide bonds. The van der Waals surface area contributed by atoms with E-state index in [1.807, 2.05) is 0 Å². The van der Waals surface area contributed by atoms with Gasteiger partial charge in [-0.2, -0.15) is 0 Å². The number of allylic oxidation sites excluding steroid dienone is 9. The molecule has 0 aromatic heterocycles. The third kappa shape index (κ3) is 6.64. The van der Waals surface area contributed by atoms with Gasteiger partial charge in [-0.05, 0) is 59.7 Å². The molecule has 7 heteroatoms. The fourth-order valence-corrected chi connectivity index (χ4v) is 3.31. The highest BCUT2D eigenvalue weighted by Gasteiger charge is 2.14.